The largest absolute Gasteiger partial charge is 0.532 e. The molecule has 0 aromatic carbocycles. The van der Waals surface area contributed by atoms with Gasteiger partial charge in [0, 0.05) is 5.57 Å². The summed E-state index contributed by atoms with van der Waals surface area (Å²) in [6.07, 6.45) is 1.31. The molecule has 16 heavy (non-hydrogen) atoms. The number of rotatable bonds is 8. The van der Waals surface area contributed by atoms with Gasteiger partial charge in [-0.05, 0) is 19.8 Å². The highest BCUT2D eigenvalue weighted by Crippen LogP contribution is 2.50. The normalized spacial score (nSPS) is 11.2. The van der Waals surface area contributed by atoms with Crippen LogP contribution in [0.3, 0.4) is 0 Å². The van der Waals surface area contributed by atoms with Crippen LogP contribution >= 0.6 is 7.82 Å². The van der Waals surface area contributed by atoms with E-state index in [1.807, 2.05) is 13.8 Å². The molecule has 0 atom stereocenters. The molecule has 94 valence electrons. The first-order chi connectivity index (χ1) is 7.45. The topological polar surface area (TPSA) is 61.8 Å². The van der Waals surface area contributed by atoms with Crippen molar-refractivity contribution < 1.29 is 22.9 Å². The number of hydrogen-bond acceptors (Lipinski definition) is 5. The molecule has 0 radical (unpaired) electrons. The maximum atomic E-state index is 11.9. The Hall–Kier alpha value is -0.640. The van der Waals surface area contributed by atoms with Crippen molar-refractivity contribution in [2.24, 2.45) is 0 Å². The molecule has 0 heterocycles. The van der Waals surface area contributed by atoms with Gasteiger partial charge in [-0.2, -0.15) is 0 Å². The third-order valence-corrected chi connectivity index (χ3v) is 2.84. The summed E-state index contributed by atoms with van der Waals surface area (Å²) in [4.78, 5) is 11.2. The first kappa shape index (κ1) is 15.4. The molecule has 0 unspecified atom stereocenters. The van der Waals surface area contributed by atoms with E-state index in [1.54, 1.807) is 0 Å². The van der Waals surface area contributed by atoms with E-state index in [0.29, 0.717) is 12.8 Å². The summed E-state index contributed by atoms with van der Waals surface area (Å²) < 4.78 is 26.5. The smallest absolute Gasteiger partial charge is 0.367 e. The predicted molar refractivity (Wildman–Crippen MR) is 61.0 cm³/mol. The van der Waals surface area contributed by atoms with Crippen LogP contribution in [0.15, 0.2) is 12.2 Å². The Labute approximate surface area is 96.4 Å². The van der Waals surface area contributed by atoms with E-state index >= 15 is 0 Å². The van der Waals surface area contributed by atoms with E-state index in [-0.39, 0.29) is 18.8 Å². The van der Waals surface area contributed by atoms with Crippen LogP contribution in [0.25, 0.3) is 0 Å². The summed E-state index contributed by atoms with van der Waals surface area (Å²) in [5, 5.41) is 0. The number of carbonyl (C=O) groups is 1. The van der Waals surface area contributed by atoms with Crippen LogP contribution in [-0.2, 0) is 22.9 Å². The van der Waals surface area contributed by atoms with Crippen molar-refractivity contribution in [1.29, 1.82) is 0 Å². The zero-order valence-electron chi connectivity index (χ0n) is 10.0. The van der Waals surface area contributed by atoms with E-state index in [4.69, 9.17) is 9.05 Å². The maximum absolute atomic E-state index is 11.9. The minimum atomic E-state index is -3.77. The Morgan fingerprint density at radius 2 is 1.62 bits per heavy atom. The molecule has 0 saturated carbocycles. The van der Waals surface area contributed by atoms with Crippen LogP contribution in [-0.4, -0.2) is 19.2 Å². The number of phosphoric acid groups is 1. The summed E-state index contributed by atoms with van der Waals surface area (Å²) >= 11 is 0. The van der Waals surface area contributed by atoms with Gasteiger partial charge in [-0.3, -0.25) is 9.05 Å². The minimum absolute atomic E-state index is 0.153. The number of hydrogen-bond donors (Lipinski definition) is 0. The van der Waals surface area contributed by atoms with Crippen LogP contribution in [0.4, 0.5) is 0 Å². The van der Waals surface area contributed by atoms with E-state index in [2.05, 4.69) is 11.1 Å². The van der Waals surface area contributed by atoms with Gasteiger partial charge in [-0.25, -0.2) is 9.36 Å². The zero-order valence-corrected chi connectivity index (χ0v) is 10.9. The quantitative estimate of drug-likeness (QED) is 0.489. The lowest BCUT2D eigenvalue weighted by Crippen LogP contribution is -2.08. The Morgan fingerprint density at radius 1 is 1.19 bits per heavy atom. The molecule has 0 aliphatic carbocycles. The molecule has 0 fully saturated rings. The molecule has 5 nitrogen and oxygen atoms in total. The van der Waals surface area contributed by atoms with Gasteiger partial charge in [0.25, 0.3) is 0 Å². The van der Waals surface area contributed by atoms with E-state index < -0.39 is 13.8 Å². The van der Waals surface area contributed by atoms with Gasteiger partial charge in [0.1, 0.15) is 0 Å². The van der Waals surface area contributed by atoms with Gasteiger partial charge in [0.05, 0.1) is 13.2 Å². The second-order valence-corrected chi connectivity index (χ2v) is 4.87. The van der Waals surface area contributed by atoms with E-state index in [0.717, 1.165) is 0 Å². The van der Waals surface area contributed by atoms with Gasteiger partial charge in [0.15, 0.2) is 0 Å². The summed E-state index contributed by atoms with van der Waals surface area (Å²) in [5.74, 6) is -0.768. The van der Waals surface area contributed by atoms with Crippen LogP contribution < -0.4 is 0 Å². The average Bonchev–Trinajstić information content (AvgIpc) is 2.23. The molecule has 0 aliphatic rings. The molecule has 0 bridgehead atoms. The number of carbonyl (C=O) groups excluding carboxylic acids is 1. The lowest BCUT2D eigenvalue weighted by molar-refractivity contribution is -0.132. The molecule has 0 spiro atoms. The first-order valence-electron chi connectivity index (χ1n) is 5.23. The van der Waals surface area contributed by atoms with E-state index in [1.165, 1.54) is 6.92 Å². The molecule has 0 amide bonds. The van der Waals surface area contributed by atoms with Crippen molar-refractivity contribution >= 4 is 13.8 Å². The van der Waals surface area contributed by atoms with Crippen molar-refractivity contribution in [3.63, 3.8) is 0 Å². The van der Waals surface area contributed by atoms with Crippen LogP contribution in [0.1, 0.15) is 33.6 Å². The maximum Gasteiger partial charge on any atom is 0.532 e. The summed E-state index contributed by atoms with van der Waals surface area (Å²) in [6.45, 7) is 8.99. The van der Waals surface area contributed by atoms with E-state index in [9.17, 15) is 9.36 Å². The van der Waals surface area contributed by atoms with Gasteiger partial charge in [0.2, 0.25) is 0 Å². The van der Waals surface area contributed by atoms with Crippen LogP contribution in [0.2, 0.25) is 0 Å². The highest BCUT2D eigenvalue weighted by atomic mass is 31.2. The summed E-state index contributed by atoms with van der Waals surface area (Å²) in [6, 6.07) is 0. The van der Waals surface area contributed by atoms with Gasteiger partial charge in [-0.1, -0.05) is 20.4 Å². The van der Waals surface area contributed by atoms with Crippen LogP contribution in [0, 0.1) is 0 Å². The Kier molecular flexibility index (Phi) is 7.30. The molecular formula is C10H19O5P. The average molecular weight is 250 g/mol. The monoisotopic (exact) mass is 250 g/mol. The molecule has 0 saturated heterocycles. The molecule has 0 N–H and O–H groups in total. The fourth-order valence-electron chi connectivity index (χ4n) is 0.676. The lowest BCUT2D eigenvalue weighted by atomic mass is 10.4. The van der Waals surface area contributed by atoms with Gasteiger partial charge in [-0.15, -0.1) is 0 Å². The molecule has 0 aromatic rings. The van der Waals surface area contributed by atoms with Crippen molar-refractivity contribution in [2.45, 2.75) is 33.6 Å². The number of phosphoric ester groups is 1. The van der Waals surface area contributed by atoms with Crippen molar-refractivity contribution in [1.82, 2.24) is 0 Å². The molecule has 0 aromatic heterocycles. The minimum Gasteiger partial charge on any atom is -0.367 e. The SMILES string of the molecule is C=C(C)C(=O)OP(=O)(OCCC)OCCC. The Bertz CT molecular complexity index is 275. The Morgan fingerprint density at radius 3 is 1.94 bits per heavy atom. The first-order valence-corrected chi connectivity index (χ1v) is 6.69. The highest BCUT2D eigenvalue weighted by Gasteiger charge is 2.30. The van der Waals surface area contributed by atoms with Crippen molar-refractivity contribution in [2.75, 3.05) is 13.2 Å². The standard InChI is InChI=1S/C10H19O5P/c1-5-7-13-16(12,14-8-6-2)15-10(11)9(3)4/h3,5-8H2,1-2,4H3. The fourth-order valence-corrected chi connectivity index (χ4v) is 2.03. The summed E-state index contributed by atoms with van der Waals surface area (Å²) in [5.41, 5.74) is 0.153. The predicted octanol–water partition coefficient (Wildman–Crippen LogP) is 3.07. The second kappa shape index (κ2) is 7.60. The third-order valence-electron chi connectivity index (χ3n) is 1.45. The second-order valence-electron chi connectivity index (χ2n) is 3.27. The lowest BCUT2D eigenvalue weighted by Gasteiger charge is -2.16. The molecule has 0 rings (SSSR count). The molecule has 0 aliphatic heterocycles. The van der Waals surface area contributed by atoms with Crippen molar-refractivity contribution in [3.8, 4) is 0 Å². The third kappa shape index (κ3) is 6.05. The zero-order chi connectivity index (χ0) is 12.6. The fraction of sp³-hybridized carbons (Fsp3) is 0.700. The highest BCUT2D eigenvalue weighted by molar-refractivity contribution is 7.49. The molecule has 6 heteroatoms. The van der Waals surface area contributed by atoms with Crippen LogP contribution in [0.5, 0.6) is 0 Å². The molecular weight excluding hydrogens is 231 g/mol. The van der Waals surface area contributed by atoms with Gasteiger partial charge < -0.3 is 4.52 Å². The van der Waals surface area contributed by atoms with Crippen molar-refractivity contribution in [3.05, 3.63) is 12.2 Å². The van der Waals surface area contributed by atoms with Gasteiger partial charge >= 0.3 is 13.8 Å². The Balaban J connectivity index is 4.46. The summed E-state index contributed by atoms with van der Waals surface area (Å²) in [7, 11) is -3.77.